The Morgan fingerprint density at radius 2 is 2.11 bits per heavy atom. The quantitative estimate of drug-likeness (QED) is 0.485. The first kappa shape index (κ1) is 13.5. The monoisotopic (exact) mass is 247 g/mol. The van der Waals surface area contributed by atoms with Crippen molar-refractivity contribution in [1.82, 2.24) is 0 Å². The van der Waals surface area contributed by atoms with Crippen LogP contribution in [0.15, 0.2) is 29.4 Å². The third kappa shape index (κ3) is 3.79. The van der Waals surface area contributed by atoms with Crippen LogP contribution in [0.1, 0.15) is 6.92 Å². The van der Waals surface area contributed by atoms with Crippen molar-refractivity contribution >= 4 is 17.4 Å². The molecule has 18 heavy (non-hydrogen) atoms. The molecule has 0 aromatic heterocycles. The molecule has 1 rings (SSSR count). The molecule has 0 radical (unpaired) electrons. The van der Waals surface area contributed by atoms with E-state index in [1.807, 2.05) is 0 Å². The first-order chi connectivity index (χ1) is 8.71. The minimum absolute atomic E-state index is 0.196. The number of hydrogen-bond donors (Lipinski definition) is 1. The lowest BCUT2D eigenvalue weighted by molar-refractivity contribution is -0.134. The van der Waals surface area contributed by atoms with Gasteiger partial charge in [0.05, 0.1) is 19.4 Å². The second-order valence-electron chi connectivity index (χ2n) is 3.13. The fraction of sp³-hybridized carbons (Fsp3) is 0.250. The number of nitrogens with one attached hydrogen (secondary N) is 1. The molecular weight excluding hydrogens is 234 g/mol. The highest BCUT2D eigenvalue weighted by Gasteiger charge is 2.11. The molecule has 0 aliphatic heterocycles. The van der Waals surface area contributed by atoms with Crippen LogP contribution in [-0.2, 0) is 9.53 Å². The predicted octanol–water partition coefficient (Wildman–Crippen LogP) is 1.55. The number of rotatable bonds is 5. The van der Waals surface area contributed by atoms with Crippen molar-refractivity contribution in [3.8, 4) is 11.8 Å². The zero-order valence-electron chi connectivity index (χ0n) is 10.1. The molecule has 0 aliphatic rings. The number of hydrazone groups is 1. The van der Waals surface area contributed by atoms with Gasteiger partial charge in [0.15, 0.2) is 0 Å². The van der Waals surface area contributed by atoms with Crippen LogP contribution in [0.3, 0.4) is 0 Å². The summed E-state index contributed by atoms with van der Waals surface area (Å²) < 4.78 is 9.66. The van der Waals surface area contributed by atoms with Crippen LogP contribution in [-0.4, -0.2) is 25.4 Å². The molecule has 6 heteroatoms. The number of ether oxygens (including phenoxy) is 2. The summed E-state index contributed by atoms with van der Waals surface area (Å²) in [6, 6.07) is 8.55. The molecule has 1 N–H and O–H groups in total. The molecule has 0 aliphatic carbocycles. The molecule has 0 unspecified atom stereocenters. The molecule has 0 fully saturated rings. The van der Waals surface area contributed by atoms with Gasteiger partial charge >= 0.3 is 5.97 Å². The summed E-state index contributed by atoms with van der Waals surface area (Å²) in [5.41, 5.74) is 2.90. The van der Waals surface area contributed by atoms with Crippen molar-refractivity contribution in [3.05, 3.63) is 24.3 Å². The van der Waals surface area contributed by atoms with Gasteiger partial charge < -0.3 is 9.47 Å². The number of nitriles is 1. The van der Waals surface area contributed by atoms with Gasteiger partial charge in [-0.05, 0) is 31.2 Å². The fourth-order valence-electron chi connectivity index (χ4n) is 1.10. The lowest BCUT2D eigenvalue weighted by Crippen LogP contribution is -2.17. The number of hydrogen-bond acceptors (Lipinski definition) is 6. The van der Waals surface area contributed by atoms with E-state index in [1.54, 1.807) is 44.4 Å². The summed E-state index contributed by atoms with van der Waals surface area (Å²) in [7, 11) is 1.56. The third-order valence-corrected chi connectivity index (χ3v) is 1.96. The molecule has 0 saturated carbocycles. The van der Waals surface area contributed by atoms with Crippen LogP contribution >= 0.6 is 0 Å². The Morgan fingerprint density at radius 1 is 1.44 bits per heavy atom. The average molecular weight is 247 g/mol. The molecule has 0 atom stereocenters. The number of esters is 1. The van der Waals surface area contributed by atoms with E-state index >= 15 is 0 Å². The molecule has 6 nitrogen and oxygen atoms in total. The van der Waals surface area contributed by atoms with Gasteiger partial charge in [-0.15, -0.1) is 0 Å². The number of anilines is 1. The SMILES string of the molecule is CCOC(=O)/C(C#N)=N\Nc1ccc(OC)cc1. The van der Waals surface area contributed by atoms with E-state index in [0.29, 0.717) is 11.4 Å². The summed E-state index contributed by atoms with van der Waals surface area (Å²) in [5.74, 6) is -0.0450. The van der Waals surface area contributed by atoms with Crippen molar-refractivity contribution in [3.63, 3.8) is 0 Å². The van der Waals surface area contributed by atoms with Crippen molar-refractivity contribution in [2.24, 2.45) is 5.10 Å². The van der Waals surface area contributed by atoms with Crippen LogP contribution in [0.5, 0.6) is 5.75 Å². The van der Waals surface area contributed by atoms with E-state index in [-0.39, 0.29) is 12.3 Å². The molecule has 0 heterocycles. The second-order valence-corrected chi connectivity index (χ2v) is 3.13. The molecule has 1 aromatic rings. The van der Waals surface area contributed by atoms with Crippen molar-refractivity contribution in [1.29, 1.82) is 5.26 Å². The van der Waals surface area contributed by atoms with Gasteiger partial charge in [-0.1, -0.05) is 0 Å². The topological polar surface area (TPSA) is 83.7 Å². The van der Waals surface area contributed by atoms with Crippen LogP contribution in [0.2, 0.25) is 0 Å². The Hall–Kier alpha value is -2.55. The van der Waals surface area contributed by atoms with E-state index < -0.39 is 5.97 Å². The van der Waals surface area contributed by atoms with Gasteiger partial charge in [0.1, 0.15) is 11.8 Å². The van der Waals surface area contributed by atoms with Gasteiger partial charge in [0.2, 0.25) is 5.71 Å². The highest BCUT2D eigenvalue weighted by Crippen LogP contribution is 2.14. The Balaban J connectivity index is 2.71. The minimum atomic E-state index is -0.749. The summed E-state index contributed by atoms with van der Waals surface area (Å²) in [5, 5.41) is 12.4. The van der Waals surface area contributed by atoms with E-state index in [4.69, 9.17) is 10.00 Å². The Labute approximate surface area is 105 Å². The van der Waals surface area contributed by atoms with Gasteiger partial charge in [-0.25, -0.2) is 4.79 Å². The van der Waals surface area contributed by atoms with E-state index in [0.717, 1.165) is 0 Å². The summed E-state index contributed by atoms with van der Waals surface area (Å²) >= 11 is 0. The normalized spacial score (nSPS) is 10.4. The summed E-state index contributed by atoms with van der Waals surface area (Å²) in [4.78, 5) is 11.3. The first-order valence-corrected chi connectivity index (χ1v) is 5.26. The highest BCUT2D eigenvalue weighted by atomic mass is 16.5. The number of methoxy groups -OCH3 is 1. The lowest BCUT2D eigenvalue weighted by Gasteiger charge is -2.03. The first-order valence-electron chi connectivity index (χ1n) is 5.26. The Bertz CT molecular complexity index is 474. The van der Waals surface area contributed by atoms with E-state index in [9.17, 15) is 4.79 Å². The maximum atomic E-state index is 11.3. The van der Waals surface area contributed by atoms with E-state index in [1.165, 1.54) is 0 Å². The maximum absolute atomic E-state index is 11.3. The largest absolute Gasteiger partial charge is 0.497 e. The molecule has 0 saturated heterocycles. The summed E-state index contributed by atoms with van der Waals surface area (Å²) in [6.45, 7) is 1.85. The molecule has 1 aromatic carbocycles. The lowest BCUT2D eigenvalue weighted by atomic mass is 10.3. The number of carbonyl (C=O) groups excluding carboxylic acids is 1. The van der Waals surface area contributed by atoms with Crippen molar-refractivity contribution in [2.75, 3.05) is 19.1 Å². The van der Waals surface area contributed by atoms with Crippen molar-refractivity contribution < 1.29 is 14.3 Å². The number of nitrogens with zero attached hydrogens (tertiary/aromatic N) is 2. The second kappa shape index (κ2) is 6.91. The zero-order valence-corrected chi connectivity index (χ0v) is 10.1. The standard InChI is InChI=1S/C12H13N3O3/c1-3-18-12(16)11(8-13)15-14-9-4-6-10(17-2)7-5-9/h4-7,14H,3H2,1-2H3/b15-11-. The van der Waals surface area contributed by atoms with Gasteiger partial charge in [0, 0.05) is 0 Å². The van der Waals surface area contributed by atoms with Gasteiger partial charge in [-0.2, -0.15) is 10.4 Å². The average Bonchev–Trinajstić information content (AvgIpc) is 2.40. The third-order valence-electron chi connectivity index (χ3n) is 1.96. The van der Waals surface area contributed by atoms with Gasteiger partial charge in [-0.3, -0.25) is 5.43 Å². The Morgan fingerprint density at radius 3 is 2.61 bits per heavy atom. The Kier molecular flexibility index (Phi) is 5.19. The van der Waals surface area contributed by atoms with Crippen LogP contribution < -0.4 is 10.2 Å². The minimum Gasteiger partial charge on any atom is -0.497 e. The molecular formula is C12H13N3O3. The smallest absolute Gasteiger partial charge is 0.369 e. The number of carbonyl (C=O) groups is 1. The molecule has 0 spiro atoms. The zero-order chi connectivity index (χ0) is 13.4. The van der Waals surface area contributed by atoms with E-state index in [2.05, 4.69) is 15.3 Å². The maximum Gasteiger partial charge on any atom is 0.369 e. The highest BCUT2D eigenvalue weighted by molar-refractivity contribution is 6.43. The molecule has 0 amide bonds. The van der Waals surface area contributed by atoms with Crippen LogP contribution in [0.4, 0.5) is 5.69 Å². The fourth-order valence-corrected chi connectivity index (χ4v) is 1.10. The van der Waals surface area contributed by atoms with Crippen molar-refractivity contribution in [2.45, 2.75) is 6.92 Å². The predicted molar refractivity (Wildman–Crippen MR) is 66.3 cm³/mol. The molecule has 0 bridgehead atoms. The van der Waals surface area contributed by atoms with Crippen LogP contribution in [0.25, 0.3) is 0 Å². The summed E-state index contributed by atoms with van der Waals surface area (Å²) in [6.07, 6.45) is 0. The van der Waals surface area contributed by atoms with Crippen LogP contribution in [0, 0.1) is 11.3 Å². The van der Waals surface area contributed by atoms with Gasteiger partial charge in [0.25, 0.3) is 0 Å². The molecule has 94 valence electrons. The number of benzene rings is 1.